The third kappa shape index (κ3) is 4.25. The Morgan fingerprint density at radius 2 is 1.96 bits per heavy atom. The summed E-state index contributed by atoms with van der Waals surface area (Å²) in [4.78, 5) is 31.9. The Labute approximate surface area is 175 Å². The molecule has 0 aliphatic heterocycles. The Morgan fingerprint density at radius 3 is 2.61 bits per heavy atom. The summed E-state index contributed by atoms with van der Waals surface area (Å²) in [6.45, 7) is 0.844. The Kier molecular flexibility index (Phi) is 6.14. The largest absolute Gasteiger partial charge is 0.308 e. The molecule has 0 saturated carbocycles. The predicted octanol–water partition coefficient (Wildman–Crippen LogP) is 4.72. The average Bonchev–Trinajstić information content (AvgIpc) is 3.06. The molecule has 7 nitrogen and oxygen atoms in total. The molecule has 0 unspecified atom stereocenters. The summed E-state index contributed by atoms with van der Waals surface area (Å²) < 4.78 is 0.825. The van der Waals surface area contributed by atoms with Gasteiger partial charge >= 0.3 is 0 Å². The van der Waals surface area contributed by atoms with Gasteiger partial charge in [-0.3, -0.25) is 19.8 Å². The van der Waals surface area contributed by atoms with Gasteiger partial charge in [-0.05, 0) is 38.4 Å². The first-order valence-electron chi connectivity index (χ1n) is 8.23. The maximum Gasteiger partial charge on any atom is 0.282 e. The monoisotopic (exact) mass is 438 g/mol. The van der Waals surface area contributed by atoms with Crippen molar-refractivity contribution in [3.63, 3.8) is 0 Å². The lowest BCUT2D eigenvalue weighted by atomic mass is 10.1. The molecule has 1 aromatic heterocycles. The van der Waals surface area contributed by atoms with Crippen LogP contribution in [0.1, 0.15) is 10.4 Å². The maximum atomic E-state index is 13.3. The Bertz CT molecular complexity index is 1050. The van der Waals surface area contributed by atoms with Gasteiger partial charge in [0.25, 0.3) is 11.6 Å². The van der Waals surface area contributed by atoms with Crippen LogP contribution in [-0.4, -0.2) is 47.9 Å². The number of likely N-dealkylation sites (N-methyl/N-ethyl adjacent to an activating group) is 1. The van der Waals surface area contributed by atoms with Gasteiger partial charge in [0.05, 0.1) is 14.6 Å². The summed E-state index contributed by atoms with van der Waals surface area (Å²) in [7, 11) is 3.75. The zero-order valence-corrected chi connectivity index (χ0v) is 17.4. The Morgan fingerprint density at radius 1 is 1.21 bits per heavy atom. The van der Waals surface area contributed by atoms with Crippen LogP contribution >= 0.6 is 34.5 Å². The van der Waals surface area contributed by atoms with Crippen LogP contribution in [0, 0.1) is 10.1 Å². The molecule has 2 aromatic carbocycles. The number of nitro benzene ring substituents is 1. The van der Waals surface area contributed by atoms with E-state index in [0.717, 1.165) is 4.70 Å². The number of aromatic nitrogens is 1. The van der Waals surface area contributed by atoms with Crippen LogP contribution in [0.25, 0.3) is 10.2 Å². The van der Waals surface area contributed by atoms with Gasteiger partial charge < -0.3 is 4.90 Å². The fourth-order valence-electron chi connectivity index (χ4n) is 2.59. The van der Waals surface area contributed by atoms with Gasteiger partial charge in [0.15, 0.2) is 5.13 Å². The van der Waals surface area contributed by atoms with E-state index in [4.69, 9.17) is 23.2 Å². The van der Waals surface area contributed by atoms with E-state index in [9.17, 15) is 14.9 Å². The maximum absolute atomic E-state index is 13.3. The zero-order chi connectivity index (χ0) is 20.4. The lowest BCUT2D eigenvalue weighted by Gasteiger charge is -2.22. The topological polar surface area (TPSA) is 79.6 Å². The zero-order valence-electron chi connectivity index (χ0n) is 15.1. The van der Waals surface area contributed by atoms with E-state index in [1.54, 1.807) is 12.1 Å². The van der Waals surface area contributed by atoms with Crippen molar-refractivity contribution in [2.45, 2.75) is 0 Å². The minimum atomic E-state index is -0.594. The molecule has 0 fully saturated rings. The van der Waals surface area contributed by atoms with Gasteiger partial charge in [-0.2, -0.15) is 0 Å². The van der Waals surface area contributed by atoms with Crippen molar-refractivity contribution in [2.24, 2.45) is 0 Å². The molecule has 0 bridgehead atoms. The fourth-order valence-corrected chi connectivity index (χ4v) is 4.05. The molecular formula is C18H16Cl2N4O3S. The first kappa shape index (κ1) is 20.5. The highest BCUT2D eigenvalue weighted by molar-refractivity contribution is 7.22. The Balaban J connectivity index is 2.09. The van der Waals surface area contributed by atoms with Crippen LogP contribution in [0.4, 0.5) is 10.8 Å². The molecule has 3 aromatic rings. The molecule has 1 amide bonds. The van der Waals surface area contributed by atoms with Crippen LogP contribution in [0.5, 0.6) is 0 Å². The van der Waals surface area contributed by atoms with Crippen LogP contribution in [-0.2, 0) is 0 Å². The minimum absolute atomic E-state index is 0.0818. The highest BCUT2D eigenvalue weighted by Gasteiger charge is 2.28. The molecule has 0 spiro atoms. The molecule has 0 radical (unpaired) electrons. The van der Waals surface area contributed by atoms with Crippen LogP contribution in [0.15, 0.2) is 36.4 Å². The van der Waals surface area contributed by atoms with Crippen molar-refractivity contribution < 1.29 is 9.72 Å². The highest BCUT2D eigenvalue weighted by atomic mass is 35.5. The van der Waals surface area contributed by atoms with Crippen molar-refractivity contribution >= 4 is 61.5 Å². The number of amides is 1. The standard InChI is InChI=1S/C18H16Cl2N4O3S/c1-22(2)8-9-23(18-21-16-13(20)4-3-5-15(16)28-18)17(25)12-10-11(19)6-7-14(12)24(26)27/h3-7,10H,8-9H2,1-2H3. The number of anilines is 1. The summed E-state index contributed by atoms with van der Waals surface area (Å²) in [5, 5.41) is 12.5. The number of nitrogens with zero attached hydrogens (tertiary/aromatic N) is 4. The van der Waals surface area contributed by atoms with E-state index >= 15 is 0 Å². The number of para-hydroxylation sites is 1. The number of carbonyl (C=O) groups excluding carboxylic acids is 1. The molecule has 0 aliphatic carbocycles. The van der Waals surface area contributed by atoms with Gasteiger partial charge in [-0.25, -0.2) is 4.98 Å². The third-order valence-electron chi connectivity index (χ3n) is 3.99. The van der Waals surface area contributed by atoms with Crippen molar-refractivity contribution in [3.05, 3.63) is 62.1 Å². The number of thiazole rings is 1. The van der Waals surface area contributed by atoms with Crippen molar-refractivity contribution in [1.29, 1.82) is 0 Å². The number of fused-ring (bicyclic) bond motifs is 1. The number of carbonyl (C=O) groups is 1. The Hall–Kier alpha value is -2.26. The molecule has 3 rings (SSSR count). The summed E-state index contributed by atoms with van der Waals surface area (Å²) in [6, 6.07) is 9.32. The van der Waals surface area contributed by atoms with Crippen molar-refractivity contribution in [3.8, 4) is 0 Å². The fraction of sp³-hybridized carbons (Fsp3) is 0.222. The van der Waals surface area contributed by atoms with Gasteiger partial charge in [0.1, 0.15) is 11.1 Å². The smallest absolute Gasteiger partial charge is 0.282 e. The number of halogens is 2. The van der Waals surface area contributed by atoms with E-state index in [1.165, 1.54) is 34.4 Å². The summed E-state index contributed by atoms with van der Waals surface area (Å²) in [5.41, 5.74) is 0.206. The molecule has 28 heavy (non-hydrogen) atoms. The predicted molar refractivity (Wildman–Crippen MR) is 113 cm³/mol. The quantitative estimate of drug-likeness (QED) is 0.410. The van der Waals surface area contributed by atoms with Gasteiger partial charge in [-0.15, -0.1) is 0 Å². The van der Waals surface area contributed by atoms with Crippen molar-refractivity contribution in [1.82, 2.24) is 9.88 Å². The number of nitro groups is 1. The summed E-state index contributed by atoms with van der Waals surface area (Å²) in [6.07, 6.45) is 0. The lowest BCUT2D eigenvalue weighted by Crippen LogP contribution is -2.37. The second kappa shape index (κ2) is 8.40. The summed E-state index contributed by atoms with van der Waals surface area (Å²) in [5.74, 6) is -0.536. The minimum Gasteiger partial charge on any atom is -0.308 e. The van der Waals surface area contributed by atoms with E-state index in [2.05, 4.69) is 4.98 Å². The second-order valence-corrected chi connectivity index (χ2v) is 8.11. The van der Waals surface area contributed by atoms with Gasteiger partial charge in [0.2, 0.25) is 0 Å². The van der Waals surface area contributed by atoms with E-state index in [0.29, 0.717) is 28.8 Å². The molecule has 0 atom stereocenters. The van der Waals surface area contributed by atoms with Crippen LogP contribution in [0.2, 0.25) is 10.0 Å². The normalized spacial score (nSPS) is 11.2. The molecule has 1 heterocycles. The van der Waals surface area contributed by atoms with Gasteiger partial charge in [0, 0.05) is 24.2 Å². The molecule has 0 N–H and O–H groups in total. The number of hydrogen-bond acceptors (Lipinski definition) is 6. The third-order valence-corrected chi connectivity index (χ3v) is 5.57. The number of rotatable bonds is 6. The average molecular weight is 439 g/mol. The molecule has 0 saturated heterocycles. The molecule has 0 aliphatic rings. The first-order valence-corrected chi connectivity index (χ1v) is 9.80. The summed E-state index contributed by atoms with van der Waals surface area (Å²) >= 11 is 13.5. The van der Waals surface area contributed by atoms with Crippen LogP contribution < -0.4 is 4.90 Å². The number of hydrogen-bond donors (Lipinski definition) is 0. The molecular weight excluding hydrogens is 423 g/mol. The van der Waals surface area contributed by atoms with Crippen molar-refractivity contribution in [2.75, 3.05) is 32.1 Å². The van der Waals surface area contributed by atoms with E-state index in [1.807, 2.05) is 25.1 Å². The van der Waals surface area contributed by atoms with Crippen LogP contribution in [0.3, 0.4) is 0 Å². The highest BCUT2D eigenvalue weighted by Crippen LogP contribution is 2.34. The second-order valence-electron chi connectivity index (χ2n) is 6.26. The SMILES string of the molecule is CN(C)CCN(C(=O)c1cc(Cl)ccc1[N+](=O)[O-])c1nc2c(Cl)cccc2s1. The van der Waals surface area contributed by atoms with Gasteiger partial charge in [-0.1, -0.05) is 40.6 Å². The van der Waals surface area contributed by atoms with E-state index in [-0.39, 0.29) is 16.3 Å². The lowest BCUT2D eigenvalue weighted by molar-refractivity contribution is -0.385. The molecule has 10 heteroatoms. The molecule has 146 valence electrons. The van der Waals surface area contributed by atoms with E-state index < -0.39 is 10.8 Å². The first-order chi connectivity index (χ1) is 13.3. The number of benzene rings is 2.